The summed E-state index contributed by atoms with van der Waals surface area (Å²) in [6.45, 7) is 3.80. The van der Waals surface area contributed by atoms with E-state index in [0.29, 0.717) is 22.0 Å². The van der Waals surface area contributed by atoms with Crippen LogP contribution in [-0.4, -0.2) is 19.0 Å². The molecule has 4 nitrogen and oxygen atoms in total. The number of para-hydroxylation sites is 1. The standard InChI is InChI=1S/C22H20ClNO3/c1-4-15-9-11-16(12-10-15)13-17-20(22(26)27-3)14(2)24(21(17)25)19-8-6-5-7-18(19)23/h5-13H,4H2,1-3H3/b17-13-. The van der Waals surface area contributed by atoms with Crippen molar-refractivity contribution in [2.24, 2.45) is 0 Å². The van der Waals surface area contributed by atoms with Crippen molar-refractivity contribution in [3.8, 4) is 0 Å². The van der Waals surface area contributed by atoms with Crippen LogP contribution in [0.3, 0.4) is 0 Å². The molecule has 0 aliphatic carbocycles. The Morgan fingerprint density at radius 2 is 1.81 bits per heavy atom. The van der Waals surface area contributed by atoms with Gasteiger partial charge >= 0.3 is 5.97 Å². The van der Waals surface area contributed by atoms with Crippen molar-refractivity contribution in [3.05, 3.63) is 81.5 Å². The van der Waals surface area contributed by atoms with E-state index in [0.717, 1.165) is 12.0 Å². The van der Waals surface area contributed by atoms with Crippen molar-refractivity contribution in [3.63, 3.8) is 0 Å². The quantitative estimate of drug-likeness (QED) is 0.565. The Labute approximate surface area is 163 Å². The van der Waals surface area contributed by atoms with Gasteiger partial charge in [-0.25, -0.2) is 4.79 Å². The van der Waals surface area contributed by atoms with E-state index in [4.69, 9.17) is 16.3 Å². The molecule has 1 heterocycles. The number of carbonyl (C=O) groups excluding carboxylic acids is 2. The minimum atomic E-state index is -0.549. The predicted molar refractivity (Wildman–Crippen MR) is 107 cm³/mol. The second-order valence-electron chi connectivity index (χ2n) is 6.20. The average molecular weight is 382 g/mol. The van der Waals surface area contributed by atoms with Crippen LogP contribution in [0.4, 0.5) is 5.69 Å². The van der Waals surface area contributed by atoms with Crippen LogP contribution in [0.25, 0.3) is 6.08 Å². The van der Waals surface area contributed by atoms with Crippen molar-refractivity contribution >= 4 is 35.2 Å². The summed E-state index contributed by atoms with van der Waals surface area (Å²) in [5.41, 5.74) is 3.62. The summed E-state index contributed by atoms with van der Waals surface area (Å²) in [5, 5.41) is 0.433. The summed E-state index contributed by atoms with van der Waals surface area (Å²) in [5.74, 6) is -0.854. The van der Waals surface area contributed by atoms with E-state index >= 15 is 0 Å². The molecule has 2 aromatic carbocycles. The lowest BCUT2D eigenvalue weighted by atomic mass is 10.0. The third-order valence-electron chi connectivity index (χ3n) is 4.58. The molecule has 1 amide bonds. The third-order valence-corrected chi connectivity index (χ3v) is 4.90. The van der Waals surface area contributed by atoms with Crippen LogP contribution < -0.4 is 4.90 Å². The van der Waals surface area contributed by atoms with E-state index in [1.54, 1.807) is 37.3 Å². The van der Waals surface area contributed by atoms with Gasteiger partial charge in [0.2, 0.25) is 0 Å². The molecule has 0 saturated heterocycles. The van der Waals surface area contributed by atoms with Gasteiger partial charge in [0.15, 0.2) is 0 Å². The van der Waals surface area contributed by atoms with Gasteiger partial charge in [-0.15, -0.1) is 0 Å². The number of benzene rings is 2. The Balaban J connectivity index is 2.12. The molecular weight excluding hydrogens is 362 g/mol. The van der Waals surface area contributed by atoms with Gasteiger partial charge in [-0.3, -0.25) is 9.69 Å². The predicted octanol–water partition coefficient (Wildman–Crippen LogP) is 4.78. The van der Waals surface area contributed by atoms with Crippen LogP contribution in [-0.2, 0) is 20.7 Å². The number of allylic oxidation sites excluding steroid dienone is 1. The van der Waals surface area contributed by atoms with E-state index in [1.807, 2.05) is 24.3 Å². The zero-order chi connectivity index (χ0) is 19.6. The fourth-order valence-corrected chi connectivity index (χ4v) is 3.34. The number of hydrogen-bond acceptors (Lipinski definition) is 3. The maximum absolute atomic E-state index is 13.2. The number of rotatable bonds is 4. The molecule has 0 fully saturated rings. The van der Waals surface area contributed by atoms with E-state index in [2.05, 4.69) is 6.92 Å². The monoisotopic (exact) mass is 381 g/mol. The molecule has 138 valence electrons. The third kappa shape index (κ3) is 3.53. The SMILES string of the molecule is CCc1ccc(/C=C2\C(=O)N(c3ccccc3Cl)C(C)=C2C(=O)OC)cc1. The molecule has 2 aromatic rings. The number of nitrogens with zero attached hydrogens (tertiary/aromatic N) is 1. The lowest BCUT2D eigenvalue weighted by Crippen LogP contribution is -2.24. The number of amides is 1. The van der Waals surface area contributed by atoms with Gasteiger partial charge in [0.1, 0.15) is 0 Å². The zero-order valence-corrected chi connectivity index (χ0v) is 16.2. The Bertz CT molecular complexity index is 958. The van der Waals surface area contributed by atoms with E-state index in [1.165, 1.54) is 17.6 Å². The molecule has 5 heteroatoms. The summed E-state index contributed by atoms with van der Waals surface area (Å²) in [6.07, 6.45) is 2.65. The summed E-state index contributed by atoms with van der Waals surface area (Å²) < 4.78 is 4.92. The molecule has 0 aromatic heterocycles. The van der Waals surface area contributed by atoms with Crippen molar-refractivity contribution in [1.29, 1.82) is 0 Å². The first-order valence-electron chi connectivity index (χ1n) is 8.67. The molecule has 0 saturated carbocycles. The van der Waals surface area contributed by atoms with Crippen molar-refractivity contribution in [2.75, 3.05) is 12.0 Å². The Morgan fingerprint density at radius 1 is 1.15 bits per heavy atom. The topological polar surface area (TPSA) is 46.6 Å². The second-order valence-corrected chi connectivity index (χ2v) is 6.60. The maximum atomic E-state index is 13.2. The maximum Gasteiger partial charge on any atom is 0.340 e. The van der Waals surface area contributed by atoms with Crippen LogP contribution in [0.15, 0.2) is 65.4 Å². The van der Waals surface area contributed by atoms with E-state index in [-0.39, 0.29) is 11.5 Å². The molecule has 0 bridgehead atoms. The molecule has 0 spiro atoms. The van der Waals surface area contributed by atoms with Gasteiger partial charge in [-0.05, 0) is 42.7 Å². The smallest absolute Gasteiger partial charge is 0.340 e. The van der Waals surface area contributed by atoms with Gasteiger partial charge in [0, 0.05) is 5.70 Å². The van der Waals surface area contributed by atoms with E-state index in [9.17, 15) is 9.59 Å². The molecule has 0 N–H and O–H groups in total. The number of anilines is 1. The average Bonchev–Trinajstić information content (AvgIpc) is 2.92. The molecule has 27 heavy (non-hydrogen) atoms. The Hall–Kier alpha value is -2.85. The minimum absolute atomic E-state index is 0.252. The first-order chi connectivity index (χ1) is 13.0. The normalized spacial score (nSPS) is 15.6. The number of ether oxygens (including phenoxy) is 1. The lowest BCUT2D eigenvalue weighted by Gasteiger charge is -2.19. The number of halogens is 1. The van der Waals surface area contributed by atoms with Gasteiger partial charge in [0.25, 0.3) is 5.91 Å². The van der Waals surface area contributed by atoms with Crippen LogP contribution >= 0.6 is 11.6 Å². The molecule has 3 rings (SSSR count). The van der Waals surface area contributed by atoms with Crippen LogP contribution in [0, 0.1) is 0 Å². The summed E-state index contributed by atoms with van der Waals surface area (Å²) in [4.78, 5) is 27.0. The van der Waals surface area contributed by atoms with Crippen molar-refractivity contribution < 1.29 is 14.3 Å². The highest BCUT2D eigenvalue weighted by Crippen LogP contribution is 2.38. The number of carbonyl (C=O) groups is 2. The Kier molecular flexibility index (Phi) is 5.47. The number of esters is 1. The molecule has 1 aliphatic heterocycles. The molecular formula is C22H20ClNO3. The van der Waals surface area contributed by atoms with Crippen LogP contribution in [0.2, 0.25) is 5.02 Å². The number of methoxy groups -OCH3 is 1. The minimum Gasteiger partial charge on any atom is -0.465 e. The summed E-state index contributed by atoms with van der Waals surface area (Å²) >= 11 is 6.29. The first kappa shape index (κ1) is 18.9. The summed E-state index contributed by atoms with van der Waals surface area (Å²) in [6, 6.07) is 14.9. The lowest BCUT2D eigenvalue weighted by molar-refractivity contribution is -0.136. The van der Waals surface area contributed by atoms with Gasteiger partial charge in [-0.1, -0.05) is 54.9 Å². The molecule has 0 unspecified atom stereocenters. The highest BCUT2D eigenvalue weighted by molar-refractivity contribution is 6.35. The van der Waals surface area contributed by atoms with Crippen molar-refractivity contribution in [2.45, 2.75) is 20.3 Å². The molecule has 0 atom stereocenters. The van der Waals surface area contributed by atoms with Crippen LogP contribution in [0.5, 0.6) is 0 Å². The highest BCUT2D eigenvalue weighted by atomic mass is 35.5. The first-order valence-corrected chi connectivity index (χ1v) is 9.05. The summed E-state index contributed by atoms with van der Waals surface area (Å²) in [7, 11) is 1.30. The second kappa shape index (κ2) is 7.80. The van der Waals surface area contributed by atoms with Gasteiger partial charge < -0.3 is 4.74 Å². The highest BCUT2D eigenvalue weighted by Gasteiger charge is 2.38. The van der Waals surface area contributed by atoms with Gasteiger partial charge in [0.05, 0.1) is 29.0 Å². The Morgan fingerprint density at radius 3 is 2.41 bits per heavy atom. The molecule has 0 radical (unpaired) electrons. The fraction of sp³-hybridized carbons (Fsp3) is 0.182. The van der Waals surface area contributed by atoms with E-state index < -0.39 is 5.97 Å². The zero-order valence-electron chi connectivity index (χ0n) is 15.5. The molecule has 1 aliphatic rings. The number of hydrogen-bond donors (Lipinski definition) is 0. The van der Waals surface area contributed by atoms with Crippen LogP contribution in [0.1, 0.15) is 25.0 Å². The number of aryl methyl sites for hydroxylation is 1. The van der Waals surface area contributed by atoms with Gasteiger partial charge in [-0.2, -0.15) is 0 Å². The largest absolute Gasteiger partial charge is 0.465 e. The fourth-order valence-electron chi connectivity index (χ4n) is 3.12. The van der Waals surface area contributed by atoms with Crippen molar-refractivity contribution in [1.82, 2.24) is 0 Å².